The van der Waals surface area contributed by atoms with Crippen molar-refractivity contribution >= 4 is 23.5 Å². The number of thioether (sulfide) groups is 2. The molecular formula is C11H12S2. The van der Waals surface area contributed by atoms with E-state index in [1.54, 1.807) is 5.56 Å². The predicted molar refractivity (Wildman–Crippen MR) is 60.4 cm³/mol. The first kappa shape index (κ1) is 8.25. The summed E-state index contributed by atoms with van der Waals surface area (Å²) in [6.07, 6.45) is 2.89. The summed E-state index contributed by atoms with van der Waals surface area (Å²) >= 11 is 4.23. The van der Waals surface area contributed by atoms with Gasteiger partial charge in [-0.3, -0.25) is 0 Å². The molecule has 0 bridgehead atoms. The van der Waals surface area contributed by atoms with Crippen molar-refractivity contribution < 1.29 is 0 Å². The number of fused-ring (bicyclic) bond motifs is 1. The van der Waals surface area contributed by atoms with Crippen LogP contribution in [0.25, 0.3) is 0 Å². The quantitative estimate of drug-likeness (QED) is 0.639. The smallest absolute Gasteiger partial charge is 0.0258 e. The Morgan fingerprint density at radius 3 is 2.85 bits per heavy atom. The van der Waals surface area contributed by atoms with E-state index in [-0.39, 0.29) is 0 Å². The van der Waals surface area contributed by atoms with E-state index in [9.17, 15) is 0 Å². The summed E-state index contributed by atoms with van der Waals surface area (Å²) in [5.41, 5.74) is 1.54. The third kappa shape index (κ3) is 1.50. The van der Waals surface area contributed by atoms with Crippen LogP contribution in [0.4, 0.5) is 0 Å². The van der Waals surface area contributed by atoms with Crippen LogP contribution < -0.4 is 0 Å². The van der Waals surface area contributed by atoms with Crippen LogP contribution in [0.5, 0.6) is 0 Å². The molecule has 1 aliphatic carbocycles. The maximum Gasteiger partial charge on any atom is 0.0258 e. The molecule has 3 rings (SSSR count). The van der Waals surface area contributed by atoms with Gasteiger partial charge in [0, 0.05) is 21.1 Å². The monoisotopic (exact) mass is 208 g/mol. The van der Waals surface area contributed by atoms with Gasteiger partial charge in [0.15, 0.2) is 0 Å². The van der Waals surface area contributed by atoms with Crippen molar-refractivity contribution in [3.05, 3.63) is 29.8 Å². The van der Waals surface area contributed by atoms with E-state index in [1.807, 2.05) is 0 Å². The summed E-state index contributed by atoms with van der Waals surface area (Å²) in [5, 5.41) is 0. The second-order valence-electron chi connectivity index (χ2n) is 3.87. The Morgan fingerprint density at radius 2 is 2.00 bits per heavy atom. The van der Waals surface area contributed by atoms with Crippen molar-refractivity contribution in [1.29, 1.82) is 0 Å². The fourth-order valence-electron chi connectivity index (χ4n) is 1.67. The van der Waals surface area contributed by atoms with E-state index in [2.05, 4.69) is 47.8 Å². The van der Waals surface area contributed by atoms with Crippen LogP contribution in [0.2, 0.25) is 0 Å². The van der Waals surface area contributed by atoms with E-state index >= 15 is 0 Å². The molecule has 1 aromatic carbocycles. The zero-order valence-electron chi connectivity index (χ0n) is 7.45. The van der Waals surface area contributed by atoms with Gasteiger partial charge in [0.25, 0.3) is 0 Å². The molecule has 1 saturated carbocycles. The van der Waals surface area contributed by atoms with Crippen LogP contribution in [0.3, 0.4) is 0 Å². The maximum absolute atomic E-state index is 2.27. The summed E-state index contributed by atoms with van der Waals surface area (Å²) in [7, 11) is 0. The van der Waals surface area contributed by atoms with Gasteiger partial charge in [0.1, 0.15) is 0 Å². The van der Waals surface area contributed by atoms with E-state index in [4.69, 9.17) is 0 Å². The van der Waals surface area contributed by atoms with Gasteiger partial charge in [-0.05, 0) is 24.5 Å². The molecule has 68 valence electrons. The van der Waals surface area contributed by atoms with Gasteiger partial charge in [-0.25, -0.2) is 0 Å². The molecule has 0 unspecified atom stereocenters. The standard InChI is InChI=1S/C11H12S2/c1-2-4-10-9(3-1)7-13-11(5-6-11)8-12-10/h1-4H,5-8H2. The molecule has 1 spiro atoms. The Kier molecular flexibility index (Phi) is 1.88. The first-order valence-electron chi connectivity index (χ1n) is 4.73. The van der Waals surface area contributed by atoms with Crippen molar-refractivity contribution in [3.63, 3.8) is 0 Å². The summed E-state index contributed by atoms with van der Waals surface area (Å²) in [6.45, 7) is 0. The second kappa shape index (κ2) is 2.96. The molecule has 0 saturated heterocycles. The molecule has 1 aromatic rings. The molecule has 0 amide bonds. The molecule has 0 atom stereocenters. The summed E-state index contributed by atoms with van der Waals surface area (Å²) in [6, 6.07) is 8.85. The fourth-order valence-corrected chi connectivity index (χ4v) is 4.59. The molecule has 0 N–H and O–H groups in total. The molecule has 1 fully saturated rings. The van der Waals surface area contributed by atoms with Crippen molar-refractivity contribution in [2.45, 2.75) is 28.2 Å². The molecule has 2 heteroatoms. The van der Waals surface area contributed by atoms with Gasteiger partial charge in [-0.2, -0.15) is 0 Å². The maximum atomic E-state index is 2.27. The van der Waals surface area contributed by atoms with Crippen LogP contribution in [0.15, 0.2) is 29.2 Å². The van der Waals surface area contributed by atoms with Crippen LogP contribution >= 0.6 is 23.5 Å². The second-order valence-corrected chi connectivity index (χ2v) is 6.33. The van der Waals surface area contributed by atoms with Gasteiger partial charge >= 0.3 is 0 Å². The van der Waals surface area contributed by atoms with E-state index < -0.39 is 0 Å². The van der Waals surface area contributed by atoms with Gasteiger partial charge in [0.2, 0.25) is 0 Å². The van der Waals surface area contributed by atoms with Crippen molar-refractivity contribution in [2.24, 2.45) is 0 Å². The number of rotatable bonds is 0. The third-order valence-corrected chi connectivity index (χ3v) is 6.01. The molecule has 1 aliphatic heterocycles. The topological polar surface area (TPSA) is 0 Å². The summed E-state index contributed by atoms with van der Waals surface area (Å²) in [5.74, 6) is 2.55. The SMILES string of the molecule is c1ccc2c(c1)CSC1(CC1)CS2. The lowest BCUT2D eigenvalue weighted by Gasteiger charge is -2.07. The molecule has 1 heterocycles. The average Bonchev–Trinajstić information content (AvgIpc) is 2.96. The minimum atomic E-state index is 0.670. The summed E-state index contributed by atoms with van der Waals surface area (Å²) < 4.78 is 0.670. The average molecular weight is 208 g/mol. The lowest BCUT2D eigenvalue weighted by atomic mass is 10.2. The van der Waals surface area contributed by atoms with Gasteiger partial charge in [0.05, 0.1) is 0 Å². The molecular weight excluding hydrogens is 196 g/mol. The Labute approximate surface area is 87.5 Å². The summed E-state index contributed by atoms with van der Waals surface area (Å²) in [4.78, 5) is 1.51. The Balaban J connectivity index is 1.92. The zero-order chi connectivity index (χ0) is 8.73. The number of hydrogen-bond acceptors (Lipinski definition) is 2. The largest absolute Gasteiger partial charge is 0.149 e. The first-order chi connectivity index (χ1) is 6.38. The molecule has 0 nitrogen and oxygen atoms in total. The number of benzene rings is 1. The Bertz CT molecular complexity index is 300. The third-order valence-electron chi connectivity index (χ3n) is 2.80. The van der Waals surface area contributed by atoms with Crippen LogP contribution in [-0.4, -0.2) is 10.5 Å². The predicted octanol–water partition coefficient (Wildman–Crippen LogP) is 3.56. The fraction of sp³-hybridized carbons (Fsp3) is 0.455. The van der Waals surface area contributed by atoms with Gasteiger partial charge in [-0.1, -0.05) is 18.2 Å². The molecule has 2 aliphatic rings. The van der Waals surface area contributed by atoms with E-state index in [0.717, 1.165) is 0 Å². The lowest BCUT2D eigenvalue weighted by molar-refractivity contribution is 1.07. The van der Waals surface area contributed by atoms with Crippen molar-refractivity contribution in [1.82, 2.24) is 0 Å². The van der Waals surface area contributed by atoms with Crippen LogP contribution in [-0.2, 0) is 5.75 Å². The first-order valence-corrected chi connectivity index (χ1v) is 6.70. The van der Waals surface area contributed by atoms with Crippen molar-refractivity contribution in [2.75, 3.05) is 5.75 Å². The molecule has 0 radical (unpaired) electrons. The van der Waals surface area contributed by atoms with E-state index in [0.29, 0.717) is 4.75 Å². The molecule has 13 heavy (non-hydrogen) atoms. The van der Waals surface area contributed by atoms with Gasteiger partial charge < -0.3 is 0 Å². The number of hydrogen-bond donors (Lipinski definition) is 0. The highest BCUT2D eigenvalue weighted by Crippen LogP contribution is 2.54. The highest BCUT2D eigenvalue weighted by atomic mass is 32.2. The minimum absolute atomic E-state index is 0.670. The molecule has 0 aromatic heterocycles. The van der Waals surface area contributed by atoms with Gasteiger partial charge in [-0.15, -0.1) is 23.5 Å². The highest BCUT2D eigenvalue weighted by molar-refractivity contribution is 8.04. The van der Waals surface area contributed by atoms with E-state index in [1.165, 1.54) is 29.2 Å². The lowest BCUT2D eigenvalue weighted by Crippen LogP contribution is -2.03. The van der Waals surface area contributed by atoms with Crippen molar-refractivity contribution in [3.8, 4) is 0 Å². The Hall–Kier alpha value is -0.0800. The van der Waals surface area contributed by atoms with Crippen LogP contribution in [0.1, 0.15) is 18.4 Å². The zero-order valence-corrected chi connectivity index (χ0v) is 9.09. The highest BCUT2D eigenvalue weighted by Gasteiger charge is 2.44. The Morgan fingerprint density at radius 1 is 1.15 bits per heavy atom. The minimum Gasteiger partial charge on any atom is -0.149 e. The normalized spacial score (nSPS) is 23.7. The van der Waals surface area contributed by atoms with Crippen LogP contribution in [0, 0.1) is 0 Å².